The molecule has 0 aliphatic carbocycles. The lowest BCUT2D eigenvalue weighted by molar-refractivity contribution is 0.0600. The Hall–Kier alpha value is -2.71. The third-order valence-electron chi connectivity index (χ3n) is 2.99. The molecule has 8 heteroatoms. The molecule has 0 aliphatic rings. The number of rotatable bonds is 4. The van der Waals surface area contributed by atoms with Crippen molar-refractivity contribution >= 4 is 27.6 Å². The number of benzene rings is 2. The van der Waals surface area contributed by atoms with Crippen LogP contribution in [0.4, 0.5) is 5.69 Å². The number of carbonyl (C=O) groups is 2. The van der Waals surface area contributed by atoms with Crippen molar-refractivity contribution in [3.63, 3.8) is 0 Å². The first-order chi connectivity index (χ1) is 10.8. The molecule has 0 atom stereocenters. The molecule has 120 valence electrons. The largest absolute Gasteiger partial charge is 0.465 e. The minimum atomic E-state index is -3.85. The monoisotopic (exact) mass is 334 g/mol. The summed E-state index contributed by atoms with van der Waals surface area (Å²) in [5, 5.41) is 7.60. The SMILES string of the molecule is COC(=O)c1ccc(C(=O)Nc2cccc(S(N)(=O)=O)c2)cc1. The molecule has 0 heterocycles. The second-order valence-electron chi connectivity index (χ2n) is 4.60. The molecule has 1 amide bonds. The van der Waals surface area contributed by atoms with Gasteiger partial charge in [-0.15, -0.1) is 0 Å². The van der Waals surface area contributed by atoms with Crippen LogP contribution in [0.2, 0.25) is 0 Å². The quantitative estimate of drug-likeness (QED) is 0.819. The topological polar surface area (TPSA) is 116 Å². The Morgan fingerprint density at radius 2 is 1.65 bits per heavy atom. The van der Waals surface area contributed by atoms with Crippen LogP contribution in [-0.4, -0.2) is 27.4 Å². The van der Waals surface area contributed by atoms with Gasteiger partial charge in [0.25, 0.3) is 5.91 Å². The molecule has 23 heavy (non-hydrogen) atoms. The number of ether oxygens (including phenoxy) is 1. The molecule has 7 nitrogen and oxygen atoms in total. The number of amides is 1. The van der Waals surface area contributed by atoms with Crippen LogP contribution in [0.3, 0.4) is 0 Å². The van der Waals surface area contributed by atoms with E-state index in [4.69, 9.17) is 5.14 Å². The molecule has 0 aromatic heterocycles. The fourth-order valence-electron chi connectivity index (χ4n) is 1.83. The molecule has 2 aromatic carbocycles. The standard InChI is InChI=1S/C15H14N2O5S/c1-22-15(19)11-7-5-10(6-8-11)14(18)17-12-3-2-4-13(9-12)23(16,20)21/h2-9H,1H3,(H,17,18)(H2,16,20,21). The summed E-state index contributed by atoms with van der Waals surface area (Å²) in [7, 11) is -2.58. The highest BCUT2D eigenvalue weighted by molar-refractivity contribution is 7.89. The predicted molar refractivity (Wildman–Crippen MR) is 83.5 cm³/mol. The molecular formula is C15H14N2O5S. The van der Waals surface area contributed by atoms with Crippen molar-refractivity contribution in [3.8, 4) is 0 Å². The van der Waals surface area contributed by atoms with Gasteiger partial charge in [0, 0.05) is 11.3 Å². The van der Waals surface area contributed by atoms with Crippen LogP contribution in [0.25, 0.3) is 0 Å². The first kappa shape index (κ1) is 16.7. The third-order valence-corrected chi connectivity index (χ3v) is 3.90. The van der Waals surface area contributed by atoms with Crippen molar-refractivity contribution < 1.29 is 22.7 Å². The van der Waals surface area contributed by atoms with Crippen LogP contribution < -0.4 is 10.5 Å². The van der Waals surface area contributed by atoms with E-state index in [2.05, 4.69) is 10.1 Å². The second-order valence-corrected chi connectivity index (χ2v) is 6.16. The van der Waals surface area contributed by atoms with Gasteiger partial charge in [-0.2, -0.15) is 0 Å². The minimum Gasteiger partial charge on any atom is -0.465 e. The summed E-state index contributed by atoms with van der Waals surface area (Å²) in [4.78, 5) is 23.3. The van der Waals surface area contributed by atoms with E-state index in [1.807, 2.05) is 0 Å². The lowest BCUT2D eigenvalue weighted by Gasteiger charge is -2.07. The number of methoxy groups -OCH3 is 1. The Bertz CT molecular complexity index is 844. The first-order valence-electron chi connectivity index (χ1n) is 6.44. The van der Waals surface area contributed by atoms with Gasteiger partial charge >= 0.3 is 5.97 Å². The van der Waals surface area contributed by atoms with Gasteiger partial charge in [0.05, 0.1) is 17.6 Å². The summed E-state index contributed by atoms with van der Waals surface area (Å²) in [6.07, 6.45) is 0. The van der Waals surface area contributed by atoms with Gasteiger partial charge < -0.3 is 10.1 Å². The van der Waals surface area contributed by atoms with Gasteiger partial charge in [0.15, 0.2) is 0 Å². The number of nitrogens with one attached hydrogen (secondary N) is 1. The maximum atomic E-state index is 12.1. The lowest BCUT2D eigenvalue weighted by atomic mass is 10.1. The highest BCUT2D eigenvalue weighted by Crippen LogP contribution is 2.15. The zero-order valence-electron chi connectivity index (χ0n) is 12.1. The van der Waals surface area contributed by atoms with Crippen LogP contribution in [0.1, 0.15) is 20.7 Å². The van der Waals surface area contributed by atoms with E-state index in [0.717, 1.165) is 0 Å². The maximum Gasteiger partial charge on any atom is 0.337 e. The van der Waals surface area contributed by atoms with E-state index >= 15 is 0 Å². The summed E-state index contributed by atoms with van der Waals surface area (Å²) in [6.45, 7) is 0. The second kappa shape index (κ2) is 6.59. The number of hydrogen-bond acceptors (Lipinski definition) is 5. The number of hydrogen-bond donors (Lipinski definition) is 2. The molecular weight excluding hydrogens is 320 g/mol. The molecule has 0 saturated heterocycles. The van der Waals surface area contributed by atoms with Crippen LogP contribution >= 0.6 is 0 Å². The number of nitrogens with two attached hydrogens (primary N) is 1. The van der Waals surface area contributed by atoms with Crippen LogP contribution in [0.5, 0.6) is 0 Å². The summed E-state index contributed by atoms with van der Waals surface area (Å²) in [5.41, 5.74) is 0.914. The molecule has 3 N–H and O–H groups in total. The molecule has 0 saturated carbocycles. The molecule has 0 unspecified atom stereocenters. The van der Waals surface area contributed by atoms with E-state index in [1.165, 1.54) is 55.6 Å². The Kier molecular flexibility index (Phi) is 4.77. The van der Waals surface area contributed by atoms with Crippen molar-refractivity contribution in [1.29, 1.82) is 0 Å². The smallest absolute Gasteiger partial charge is 0.337 e. The highest BCUT2D eigenvalue weighted by Gasteiger charge is 2.11. The number of carbonyl (C=O) groups excluding carboxylic acids is 2. The Labute approximate surface area is 133 Å². The molecule has 0 radical (unpaired) electrons. The summed E-state index contributed by atoms with van der Waals surface area (Å²) in [5.74, 6) is -0.953. The van der Waals surface area contributed by atoms with Crippen molar-refractivity contribution in [3.05, 3.63) is 59.7 Å². The van der Waals surface area contributed by atoms with Gasteiger partial charge in [0.1, 0.15) is 0 Å². The summed E-state index contributed by atoms with van der Waals surface area (Å²) < 4.78 is 27.2. The lowest BCUT2D eigenvalue weighted by Crippen LogP contribution is -2.15. The van der Waals surface area contributed by atoms with Crippen molar-refractivity contribution in [2.75, 3.05) is 12.4 Å². The van der Waals surface area contributed by atoms with Gasteiger partial charge in [0.2, 0.25) is 10.0 Å². The van der Waals surface area contributed by atoms with E-state index in [-0.39, 0.29) is 4.90 Å². The number of primary sulfonamides is 1. The summed E-state index contributed by atoms with van der Waals surface area (Å²) >= 11 is 0. The van der Waals surface area contributed by atoms with Crippen LogP contribution in [0.15, 0.2) is 53.4 Å². The zero-order valence-corrected chi connectivity index (χ0v) is 13.0. The average Bonchev–Trinajstić information content (AvgIpc) is 2.53. The van der Waals surface area contributed by atoms with E-state index < -0.39 is 21.9 Å². The molecule has 0 spiro atoms. The van der Waals surface area contributed by atoms with Crippen molar-refractivity contribution in [2.45, 2.75) is 4.90 Å². The molecule has 0 bridgehead atoms. The Balaban J connectivity index is 2.18. The maximum absolute atomic E-state index is 12.1. The predicted octanol–water partition coefficient (Wildman–Crippen LogP) is 1.37. The van der Waals surface area contributed by atoms with E-state index in [0.29, 0.717) is 16.8 Å². The van der Waals surface area contributed by atoms with Gasteiger partial charge in [-0.1, -0.05) is 6.07 Å². The van der Waals surface area contributed by atoms with Gasteiger partial charge in [-0.05, 0) is 42.5 Å². The summed E-state index contributed by atoms with van der Waals surface area (Å²) in [6, 6.07) is 11.4. The zero-order chi connectivity index (χ0) is 17.0. The number of anilines is 1. The Morgan fingerprint density at radius 1 is 1.04 bits per heavy atom. The number of sulfonamides is 1. The third kappa shape index (κ3) is 4.15. The fraction of sp³-hybridized carbons (Fsp3) is 0.0667. The van der Waals surface area contributed by atoms with Crippen LogP contribution in [0, 0.1) is 0 Å². The molecule has 2 rings (SSSR count). The van der Waals surface area contributed by atoms with Gasteiger partial charge in [-0.3, -0.25) is 4.79 Å². The molecule has 2 aromatic rings. The Morgan fingerprint density at radius 3 is 2.22 bits per heavy atom. The van der Waals surface area contributed by atoms with Crippen molar-refractivity contribution in [2.24, 2.45) is 5.14 Å². The highest BCUT2D eigenvalue weighted by atomic mass is 32.2. The average molecular weight is 334 g/mol. The fourth-order valence-corrected chi connectivity index (χ4v) is 2.39. The first-order valence-corrected chi connectivity index (χ1v) is 7.98. The minimum absolute atomic E-state index is 0.101. The normalized spacial score (nSPS) is 10.9. The van der Waals surface area contributed by atoms with Gasteiger partial charge in [-0.25, -0.2) is 18.4 Å². The van der Waals surface area contributed by atoms with E-state index in [1.54, 1.807) is 0 Å². The molecule has 0 aliphatic heterocycles. The van der Waals surface area contributed by atoms with E-state index in [9.17, 15) is 18.0 Å². The van der Waals surface area contributed by atoms with Crippen molar-refractivity contribution in [1.82, 2.24) is 0 Å². The number of esters is 1. The molecule has 0 fully saturated rings. The van der Waals surface area contributed by atoms with Crippen LogP contribution in [-0.2, 0) is 14.8 Å².